The van der Waals surface area contributed by atoms with Gasteiger partial charge in [-0.05, 0) is 41.6 Å². The van der Waals surface area contributed by atoms with E-state index in [1.807, 2.05) is 37.3 Å². The van der Waals surface area contributed by atoms with Crippen molar-refractivity contribution >= 4 is 5.69 Å². The number of benzene rings is 2. The Balaban J connectivity index is 2.13. The SMILES string of the molecule is COc1cc(N)ccc1-c1nnnn1-c1ccc(C)cc1. The molecule has 0 saturated carbocycles. The second-order valence-corrected chi connectivity index (χ2v) is 4.71. The van der Waals surface area contributed by atoms with E-state index >= 15 is 0 Å². The molecular formula is C15H15N5O. The summed E-state index contributed by atoms with van der Waals surface area (Å²) >= 11 is 0. The molecule has 0 aliphatic heterocycles. The summed E-state index contributed by atoms with van der Waals surface area (Å²) in [6, 6.07) is 13.4. The normalized spacial score (nSPS) is 10.6. The van der Waals surface area contributed by atoms with Crippen LogP contribution in [0.2, 0.25) is 0 Å². The molecule has 6 heteroatoms. The van der Waals surface area contributed by atoms with Gasteiger partial charge in [-0.1, -0.05) is 17.7 Å². The molecule has 2 N–H and O–H groups in total. The largest absolute Gasteiger partial charge is 0.496 e. The first-order valence-corrected chi connectivity index (χ1v) is 6.48. The van der Waals surface area contributed by atoms with Crippen LogP contribution >= 0.6 is 0 Å². The summed E-state index contributed by atoms with van der Waals surface area (Å²) in [7, 11) is 1.60. The number of aromatic nitrogens is 4. The Morgan fingerprint density at radius 3 is 2.57 bits per heavy atom. The molecule has 0 unspecified atom stereocenters. The second kappa shape index (κ2) is 5.24. The fraction of sp³-hybridized carbons (Fsp3) is 0.133. The minimum atomic E-state index is 0.607. The maximum absolute atomic E-state index is 5.78. The van der Waals surface area contributed by atoms with E-state index in [1.165, 1.54) is 5.56 Å². The highest BCUT2D eigenvalue weighted by Crippen LogP contribution is 2.30. The van der Waals surface area contributed by atoms with Crippen LogP contribution in [0, 0.1) is 6.92 Å². The first-order valence-electron chi connectivity index (χ1n) is 6.48. The maximum atomic E-state index is 5.78. The van der Waals surface area contributed by atoms with Gasteiger partial charge in [0.25, 0.3) is 0 Å². The first kappa shape index (κ1) is 13.1. The van der Waals surface area contributed by atoms with Crippen LogP contribution < -0.4 is 10.5 Å². The number of hydrogen-bond donors (Lipinski definition) is 1. The van der Waals surface area contributed by atoms with Crippen molar-refractivity contribution < 1.29 is 4.74 Å². The molecule has 0 aliphatic rings. The van der Waals surface area contributed by atoms with Crippen LogP contribution in [0.4, 0.5) is 5.69 Å². The van der Waals surface area contributed by atoms with Crippen LogP contribution in [0.1, 0.15) is 5.56 Å². The third kappa shape index (κ3) is 2.43. The molecule has 6 nitrogen and oxygen atoms in total. The highest BCUT2D eigenvalue weighted by atomic mass is 16.5. The molecule has 1 aromatic heterocycles. The number of aryl methyl sites for hydroxylation is 1. The number of hydrogen-bond acceptors (Lipinski definition) is 5. The minimum Gasteiger partial charge on any atom is -0.496 e. The molecule has 0 atom stereocenters. The van der Waals surface area contributed by atoms with E-state index in [0.717, 1.165) is 11.3 Å². The van der Waals surface area contributed by atoms with Crippen molar-refractivity contribution in [3.8, 4) is 22.8 Å². The van der Waals surface area contributed by atoms with E-state index in [9.17, 15) is 0 Å². The van der Waals surface area contributed by atoms with Crippen molar-refractivity contribution in [3.05, 3.63) is 48.0 Å². The molecule has 0 bridgehead atoms. The van der Waals surface area contributed by atoms with E-state index in [0.29, 0.717) is 17.3 Å². The van der Waals surface area contributed by atoms with E-state index in [2.05, 4.69) is 15.5 Å². The number of methoxy groups -OCH3 is 1. The average Bonchev–Trinajstić information content (AvgIpc) is 2.97. The highest BCUT2D eigenvalue weighted by Gasteiger charge is 2.15. The Bertz CT molecular complexity index is 764. The van der Waals surface area contributed by atoms with Gasteiger partial charge in [0.1, 0.15) is 5.75 Å². The number of nitrogens with zero attached hydrogens (tertiary/aromatic N) is 4. The van der Waals surface area contributed by atoms with Gasteiger partial charge in [-0.25, -0.2) is 0 Å². The lowest BCUT2D eigenvalue weighted by molar-refractivity contribution is 0.416. The minimum absolute atomic E-state index is 0.607. The lowest BCUT2D eigenvalue weighted by Crippen LogP contribution is -2.01. The number of nitrogen functional groups attached to an aromatic ring is 1. The van der Waals surface area contributed by atoms with Crippen molar-refractivity contribution in [2.45, 2.75) is 6.92 Å². The molecule has 3 rings (SSSR count). The van der Waals surface area contributed by atoms with Crippen LogP contribution in [-0.2, 0) is 0 Å². The lowest BCUT2D eigenvalue weighted by atomic mass is 10.1. The van der Waals surface area contributed by atoms with Crippen molar-refractivity contribution in [3.63, 3.8) is 0 Å². The van der Waals surface area contributed by atoms with Gasteiger partial charge in [-0.15, -0.1) is 5.10 Å². The quantitative estimate of drug-likeness (QED) is 0.745. The number of tetrazole rings is 1. The fourth-order valence-corrected chi connectivity index (χ4v) is 2.11. The topological polar surface area (TPSA) is 78.8 Å². The molecule has 106 valence electrons. The van der Waals surface area contributed by atoms with E-state index in [-0.39, 0.29) is 0 Å². The Morgan fingerprint density at radius 2 is 1.86 bits per heavy atom. The Morgan fingerprint density at radius 1 is 1.10 bits per heavy atom. The van der Waals surface area contributed by atoms with Crippen LogP contribution in [0.5, 0.6) is 5.75 Å². The highest BCUT2D eigenvalue weighted by molar-refractivity contribution is 5.69. The van der Waals surface area contributed by atoms with E-state index < -0.39 is 0 Å². The summed E-state index contributed by atoms with van der Waals surface area (Å²) in [5, 5.41) is 11.9. The third-order valence-electron chi connectivity index (χ3n) is 3.21. The summed E-state index contributed by atoms with van der Waals surface area (Å²) < 4.78 is 7.05. The molecule has 3 aromatic rings. The molecule has 0 spiro atoms. The van der Waals surface area contributed by atoms with E-state index in [4.69, 9.17) is 10.5 Å². The molecular weight excluding hydrogens is 266 g/mol. The van der Waals surface area contributed by atoms with Crippen LogP contribution in [0.15, 0.2) is 42.5 Å². The molecule has 0 radical (unpaired) electrons. The molecule has 0 saturated heterocycles. The molecule has 1 heterocycles. The van der Waals surface area contributed by atoms with Crippen LogP contribution in [0.3, 0.4) is 0 Å². The lowest BCUT2D eigenvalue weighted by Gasteiger charge is -2.09. The number of ether oxygens (including phenoxy) is 1. The first-order chi connectivity index (χ1) is 10.2. The molecule has 0 fully saturated rings. The Labute approximate surface area is 122 Å². The zero-order chi connectivity index (χ0) is 14.8. The van der Waals surface area contributed by atoms with Gasteiger partial charge in [0, 0.05) is 11.8 Å². The van der Waals surface area contributed by atoms with Gasteiger partial charge in [0.05, 0.1) is 18.4 Å². The summed E-state index contributed by atoms with van der Waals surface area (Å²) in [4.78, 5) is 0. The fourth-order valence-electron chi connectivity index (χ4n) is 2.11. The van der Waals surface area contributed by atoms with Crippen molar-refractivity contribution in [2.24, 2.45) is 0 Å². The van der Waals surface area contributed by atoms with Gasteiger partial charge < -0.3 is 10.5 Å². The summed E-state index contributed by atoms with van der Waals surface area (Å²) in [5.41, 5.74) is 9.27. The second-order valence-electron chi connectivity index (χ2n) is 4.71. The van der Waals surface area contributed by atoms with Gasteiger partial charge in [0.15, 0.2) is 5.82 Å². The number of anilines is 1. The average molecular weight is 281 g/mol. The zero-order valence-electron chi connectivity index (χ0n) is 11.8. The Hall–Kier alpha value is -2.89. The van der Waals surface area contributed by atoms with Crippen molar-refractivity contribution in [1.82, 2.24) is 20.2 Å². The Kier molecular flexibility index (Phi) is 3.27. The predicted molar refractivity (Wildman–Crippen MR) is 80.3 cm³/mol. The predicted octanol–water partition coefficient (Wildman–Crippen LogP) is 2.23. The summed E-state index contributed by atoms with van der Waals surface area (Å²) in [5.74, 6) is 1.24. The van der Waals surface area contributed by atoms with Crippen molar-refractivity contribution in [1.29, 1.82) is 0 Å². The maximum Gasteiger partial charge on any atom is 0.190 e. The number of rotatable bonds is 3. The summed E-state index contributed by atoms with van der Waals surface area (Å²) in [6.45, 7) is 2.04. The summed E-state index contributed by atoms with van der Waals surface area (Å²) in [6.07, 6.45) is 0. The van der Waals surface area contributed by atoms with Gasteiger partial charge in [-0.3, -0.25) is 0 Å². The van der Waals surface area contributed by atoms with Gasteiger partial charge >= 0.3 is 0 Å². The van der Waals surface area contributed by atoms with Crippen LogP contribution in [0.25, 0.3) is 17.1 Å². The van der Waals surface area contributed by atoms with Crippen LogP contribution in [-0.4, -0.2) is 27.3 Å². The molecule has 0 aliphatic carbocycles. The van der Waals surface area contributed by atoms with Gasteiger partial charge in [0.2, 0.25) is 0 Å². The van der Waals surface area contributed by atoms with Gasteiger partial charge in [-0.2, -0.15) is 4.68 Å². The molecule has 21 heavy (non-hydrogen) atoms. The zero-order valence-corrected chi connectivity index (χ0v) is 11.8. The standard InChI is InChI=1S/C15H15N5O/c1-10-3-6-12(7-4-10)20-15(17-18-19-20)13-8-5-11(16)9-14(13)21-2/h3-9H,16H2,1-2H3. The molecule has 2 aromatic carbocycles. The third-order valence-corrected chi connectivity index (χ3v) is 3.21. The number of nitrogens with two attached hydrogens (primary N) is 1. The van der Waals surface area contributed by atoms with Crippen molar-refractivity contribution in [2.75, 3.05) is 12.8 Å². The monoisotopic (exact) mass is 281 g/mol. The van der Waals surface area contributed by atoms with E-state index in [1.54, 1.807) is 23.9 Å². The smallest absolute Gasteiger partial charge is 0.190 e. The molecule has 0 amide bonds.